The quantitative estimate of drug-likeness (QED) is 0.341. The third-order valence-corrected chi connectivity index (χ3v) is 5.80. The Hall–Kier alpha value is -1.22. The van der Waals surface area contributed by atoms with Crippen LogP contribution in [0.15, 0.2) is 23.2 Å². The Kier molecular flexibility index (Phi) is 9.64. The van der Waals surface area contributed by atoms with Gasteiger partial charge in [-0.2, -0.15) is 0 Å². The summed E-state index contributed by atoms with van der Waals surface area (Å²) in [7, 11) is 5.23. The number of rotatable bonds is 7. The summed E-state index contributed by atoms with van der Waals surface area (Å²) in [6, 6.07) is 7.22. The molecule has 7 heteroatoms. The van der Waals surface area contributed by atoms with Crippen molar-refractivity contribution in [3.8, 4) is 11.5 Å². The third kappa shape index (κ3) is 6.14. The molecule has 28 heavy (non-hydrogen) atoms. The van der Waals surface area contributed by atoms with Crippen LogP contribution in [0, 0.1) is 0 Å². The maximum atomic E-state index is 5.46. The lowest BCUT2D eigenvalue weighted by Gasteiger charge is -2.24. The van der Waals surface area contributed by atoms with Crippen LogP contribution in [0.25, 0.3) is 0 Å². The molecule has 1 aromatic rings. The minimum absolute atomic E-state index is 0. The van der Waals surface area contributed by atoms with Gasteiger partial charge in [-0.15, -0.1) is 24.0 Å². The highest BCUT2D eigenvalue weighted by atomic mass is 127. The van der Waals surface area contributed by atoms with Gasteiger partial charge in [0, 0.05) is 38.8 Å². The number of nitrogens with one attached hydrogen (secondary N) is 2. The lowest BCUT2D eigenvalue weighted by Crippen LogP contribution is -2.45. The fraction of sp³-hybridized carbons (Fsp3) is 0.667. The van der Waals surface area contributed by atoms with E-state index in [9.17, 15) is 0 Å². The summed E-state index contributed by atoms with van der Waals surface area (Å²) in [6.45, 7) is 3.14. The number of halogens is 1. The molecule has 1 aliphatic heterocycles. The third-order valence-electron chi connectivity index (χ3n) is 5.80. The highest BCUT2D eigenvalue weighted by Gasteiger charge is 2.30. The Morgan fingerprint density at radius 3 is 2.64 bits per heavy atom. The van der Waals surface area contributed by atoms with E-state index in [1.807, 2.05) is 25.2 Å². The molecule has 1 saturated heterocycles. The maximum absolute atomic E-state index is 5.46. The van der Waals surface area contributed by atoms with Crippen LogP contribution in [-0.2, 0) is 6.42 Å². The van der Waals surface area contributed by atoms with Crippen molar-refractivity contribution >= 4 is 29.9 Å². The van der Waals surface area contributed by atoms with Crippen LogP contribution >= 0.6 is 24.0 Å². The normalized spacial score (nSPS) is 20.7. The number of hydrogen-bond acceptors (Lipinski definition) is 4. The first-order chi connectivity index (χ1) is 13.2. The summed E-state index contributed by atoms with van der Waals surface area (Å²) in [6.07, 6.45) is 7.59. The molecule has 0 bridgehead atoms. The standard InChI is InChI=1S/C21H34N4O2.HI/c1-22-21(24-17-11-13-25(15-17)18-6-4-5-7-18)23-12-10-16-14-19(26-2)8-9-20(16)27-3;/h8-9,14,17-18H,4-7,10-13,15H2,1-3H3,(H2,22,23,24);1H. The van der Waals surface area contributed by atoms with Gasteiger partial charge in [0.1, 0.15) is 11.5 Å². The van der Waals surface area contributed by atoms with E-state index < -0.39 is 0 Å². The molecule has 2 fully saturated rings. The molecule has 1 unspecified atom stereocenters. The highest BCUT2D eigenvalue weighted by Crippen LogP contribution is 2.26. The smallest absolute Gasteiger partial charge is 0.191 e. The largest absolute Gasteiger partial charge is 0.497 e. The molecule has 2 N–H and O–H groups in total. The van der Waals surface area contributed by atoms with Crippen molar-refractivity contribution in [2.45, 2.75) is 50.6 Å². The number of guanidine groups is 1. The average molecular weight is 502 g/mol. The van der Waals surface area contributed by atoms with E-state index in [4.69, 9.17) is 9.47 Å². The minimum atomic E-state index is 0. The van der Waals surface area contributed by atoms with E-state index in [-0.39, 0.29) is 24.0 Å². The van der Waals surface area contributed by atoms with E-state index in [0.717, 1.165) is 48.6 Å². The molecule has 1 aromatic carbocycles. The zero-order valence-electron chi connectivity index (χ0n) is 17.4. The number of methoxy groups -OCH3 is 2. The number of aliphatic imine (C=N–C) groups is 1. The Labute approximate surface area is 186 Å². The lowest BCUT2D eigenvalue weighted by atomic mass is 10.1. The molecule has 0 aromatic heterocycles. The number of nitrogens with zero attached hydrogens (tertiary/aromatic N) is 2. The zero-order valence-corrected chi connectivity index (χ0v) is 19.7. The van der Waals surface area contributed by atoms with Crippen molar-refractivity contribution in [1.29, 1.82) is 0 Å². The molecule has 1 saturated carbocycles. The van der Waals surface area contributed by atoms with Crippen molar-refractivity contribution in [1.82, 2.24) is 15.5 Å². The first kappa shape index (κ1) is 23.1. The van der Waals surface area contributed by atoms with E-state index in [1.165, 1.54) is 38.6 Å². The van der Waals surface area contributed by atoms with Crippen LogP contribution in [0.3, 0.4) is 0 Å². The second kappa shape index (κ2) is 11.7. The predicted molar refractivity (Wildman–Crippen MR) is 125 cm³/mol. The first-order valence-corrected chi connectivity index (χ1v) is 10.2. The van der Waals surface area contributed by atoms with E-state index in [1.54, 1.807) is 14.2 Å². The molecule has 6 nitrogen and oxygen atoms in total. The van der Waals surface area contributed by atoms with Crippen LogP contribution in [0.2, 0.25) is 0 Å². The van der Waals surface area contributed by atoms with Crippen molar-refractivity contribution in [3.63, 3.8) is 0 Å². The molecule has 3 rings (SSSR count). The van der Waals surface area contributed by atoms with Crippen molar-refractivity contribution < 1.29 is 9.47 Å². The summed E-state index contributed by atoms with van der Waals surface area (Å²) in [5.74, 6) is 2.63. The predicted octanol–water partition coefficient (Wildman–Crippen LogP) is 3.05. The van der Waals surface area contributed by atoms with Gasteiger partial charge in [0.05, 0.1) is 14.2 Å². The number of ether oxygens (including phenoxy) is 2. The molecule has 2 aliphatic rings. The summed E-state index contributed by atoms with van der Waals surface area (Å²) in [5, 5.41) is 7.04. The van der Waals surface area contributed by atoms with Crippen LogP contribution < -0.4 is 20.1 Å². The topological polar surface area (TPSA) is 58.1 Å². The SMILES string of the molecule is CN=C(NCCc1cc(OC)ccc1OC)NC1CCN(C2CCCC2)C1.I. The van der Waals surface area contributed by atoms with Gasteiger partial charge in [0.2, 0.25) is 0 Å². The number of benzene rings is 1. The van der Waals surface area contributed by atoms with Crippen molar-refractivity contribution in [2.24, 2.45) is 4.99 Å². The molecule has 1 heterocycles. The van der Waals surface area contributed by atoms with Gasteiger partial charge in [-0.25, -0.2) is 0 Å². The summed E-state index contributed by atoms with van der Waals surface area (Å²) < 4.78 is 10.8. The monoisotopic (exact) mass is 502 g/mol. The second-order valence-corrected chi connectivity index (χ2v) is 7.49. The molecule has 1 atom stereocenters. The van der Waals surface area contributed by atoms with Crippen LogP contribution in [0.1, 0.15) is 37.7 Å². The van der Waals surface area contributed by atoms with Crippen molar-refractivity contribution in [3.05, 3.63) is 23.8 Å². The van der Waals surface area contributed by atoms with E-state index in [0.29, 0.717) is 6.04 Å². The van der Waals surface area contributed by atoms with Gasteiger partial charge in [-0.1, -0.05) is 12.8 Å². The molecule has 0 radical (unpaired) electrons. The van der Waals surface area contributed by atoms with Crippen LogP contribution in [0.5, 0.6) is 11.5 Å². The second-order valence-electron chi connectivity index (χ2n) is 7.49. The van der Waals surface area contributed by atoms with Crippen molar-refractivity contribution in [2.75, 3.05) is 40.9 Å². The van der Waals surface area contributed by atoms with Gasteiger partial charge in [-0.3, -0.25) is 9.89 Å². The highest BCUT2D eigenvalue weighted by molar-refractivity contribution is 14.0. The van der Waals surface area contributed by atoms with Gasteiger partial charge >= 0.3 is 0 Å². The molecule has 158 valence electrons. The fourth-order valence-electron chi connectivity index (χ4n) is 4.29. The van der Waals surface area contributed by atoms with Gasteiger partial charge in [0.25, 0.3) is 0 Å². The average Bonchev–Trinajstić information content (AvgIpc) is 3.38. The Morgan fingerprint density at radius 2 is 1.96 bits per heavy atom. The Morgan fingerprint density at radius 1 is 1.18 bits per heavy atom. The number of likely N-dealkylation sites (tertiary alicyclic amines) is 1. The molecule has 0 amide bonds. The van der Waals surface area contributed by atoms with Gasteiger partial charge in [0.15, 0.2) is 5.96 Å². The summed E-state index contributed by atoms with van der Waals surface area (Å²) in [5.41, 5.74) is 1.13. The zero-order chi connectivity index (χ0) is 19.1. The Balaban J connectivity index is 0.00000280. The van der Waals surface area contributed by atoms with E-state index >= 15 is 0 Å². The number of hydrogen-bond donors (Lipinski definition) is 2. The van der Waals surface area contributed by atoms with Crippen LogP contribution in [0.4, 0.5) is 0 Å². The molecular formula is C21H35IN4O2. The van der Waals surface area contributed by atoms with Gasteiger partial charge in [-0.05, 0) is 49.4 Å². The fourth-order valence-corrected chi connectivity index (χ4v) is 4.29. The molecule has 0 spiro atoms. The molecular weight excluding hydrogens is 467 g/mol. The minimum Gasteiger partial charge on any atom is -0.497 e. The lowest BCUT2D eigenvalue weighted by molar-refractivity contribution is 0.242. The van der Waals surface area contributed by atoms with Gasteiger partial charge < -0.3 is 20.1 Å². The summed E-state index contributed by atoms with van der Waals surface area (Å²) >= 11 is 0. The Bertz CT molecular complexity index is 635. The van der Waals surface area contributed by atoms with Crippen LogP contribution in [-0.4, -0.2) is 63.8 Å². The first-order valence-electron chi connectivity index (χ1n) is 10.2. The van der Waals surface area contributed by atoms with E-state index in [2.05, 4.69) is 20.5 Å². The maximum Gasteiger partial charge on any atom is 0.191 e. The summed E-state index contributed by atoms with van der Waals surface area (Å²) in [4.78, 5) is 7.07. The molecule has 1 aliphatic carbocycles.